The van der Waals surface area contributed by atoms with Gasteiger partial charge in [-0.2, -0.15) is 5.10 Å². The van der Waals surface area contributed by atoms with Gasteiger partial charge in [-0.3, -0.25) is 19.0 Å². The van der Waals surface area contributed by atoms with E-state index in [9.17, 15) is 23.9 Å². The van der Waals surface area contributed by atoms with E-state index in [-0.39, 0.29) is 29.0 Å². The van der Waals surface area contributed by atoms with Crippen molar-refractivity contribution >= 4 is 23.4 Å². The molecule has 2 bridgehead atoms. The molecule has 3 saturated carbocycles. The fourth-order valence-electron chi connectivity index (χ4n) is 6.48. The van der Waals surface area contributed by atoms with Gasteiger partial charge < -0.3 is 20.5 Å². The topological polar surface area (TPSA) is 153 Å². The number of carboxylic acid groups (broad SMARTS) is 1. The van der Waals surface area contributed by atoms with Crippen LogP contribution in [-0.2, 0) is 17.9 Å². The Kier molecular flexibility index (Phi) is 5.99. The van der Waals surface area contributed by atoms with Crippen LogP contribution in [-0.4, -0.2) is 53.6 Å². The summed E-state index contributed by atoms with van der Waals surface area (Å²) in [7, 11) is 0. The molecule has 42 heavy (non-hydrogen) atoms. The highest BCUT2D eigenvalue weighted by molar-refractivity contribution is 5.98. The Hall–Kier alpha value is -4.81. The van der Waals surface area contributed by atoms with Crippen LogP contribution in [0.2, 0.25) is 0 Å². The van der Waals surface area contributed by atoms with Crippen LogP contribution in [0.1, 0.15) is 70.9 Å². The Bertz CT molecular complexity index is 1740. The smallest absolute Gasteiger partial charge is 0.309 e. The fourth-order valence-corrected chi connectivity index (χ4v) is 6.48. The Balaban J connectivity index is 1.07. The SMILES string of the molecule is O=C(NCc1ccc2c(c1)-n1ccnc1CO2)c1cc(C(=O)NCC23CCC(C(=O)O)(CC2)CC3)n2ncc(F)c2n1. The number of aromatic nitrogens is 5. The number of amides is 2. The van der Waals surface area contributed by atoms with Gasteiger partial charge >= 0.3 is 5.97 Å². The molecule has 8 rings (SSSR count). The lowest BCUT2D eigenvalue weighted by Crippen LogP contribution is -2.50. The van der Waals surface area contributed by atoms with Crippen LogP contribution in [0.4, 0.5) is 4.39 Å². The van der Waals surface area contributed by atoms with Crippen LogP contribution in [0, 0.1) is 16.6 Å². The molecule has 0 unspecified atom stereocenters. The average Bonchev–Trinajstić information content (AvgIpc) is 3.66. The number of fused-ring (bicyclic) bond motifs is 7. The standard InChI is InChI=1S/C29H28FN7O5/c30-18-14-34-37-21(26(39)33-16-28-3-6-29(7-4-28,8-5-28)27(40)41)12-19(35-24(18)37)25(38)32-13-17-1-2-22-20(11-17)36-10-9-31-23(36)15-42-22/h1-2,9-12,14H,3-8,13,15-16H2,(H,32,38)(H,33,39)(H,40,41). The second-order valence-corrected chi connectivity index (χ2v) is 11.5. The van der Waals surface area contributed by atoms with Gasteiger partial charge in [0, 0.05) is 31.5 Å². The monoisotopic (exact) mass is 573 g/mol. The molecule has 3 N–H and O–H groups in total. The molecule has 3 aliphatic carbocycles. The van der Waals surface area contributed by atoms with Crippen LogP contribution < -0.4 is 15.4 Å². The molecule has 4 aliphatic rings. The van der Waals surface area contributed by atoms with Crippen molar-refractivity contribution in [2.75, 3.05) is 6.54 Å². The van der Waals surface area contributed by atoms with E-state index in [1.54, 1.807) is 6.20 Å². The van der Waals surface area contributed by atoms with E-state index in [0.717, 1.165) is 27.8 Å². The van der Waals surface area contributed by atoms with E-state index >= 15 is 0 Å². The van der Waals surface area contributed by atoms with Crippen molar-refractivity contribution in [3.05, 3.63) is 71.4 Å². The number of carbonyl (C=O) groups is 3. The summed E-state index contributed by atoms with van der Waals surface area (Å²) in [6.45, 7) is 0.891. The maximum atomic E-state index is 14.6. The molecule has 1 aliphatic heterocycles. The van der Waals surface area contributed by atoms with Crippen molar-refractivity contribution in [1.82, 2.24) is 34.8 Å². The quantitative estimate of drug-likeness (QED) is 0.305. The normalized spacial score (nSPS) is 22.2. The number of aliphatic carboxylic acids is 1. The van der Waals surface area contributed by atoms with Crippen LogP contribution in [0.5, 0.6) is 5.75 Å². The number of nitrogens with one attached hydrogen (secondary N) is 2. The molecule has 1 aromatic carbocycles. The maximum Gasteiger partial charge on any atom is 0.309 e. The lowest BCUT2D eigenvalue weighted by Gasteiger charge is -2.51. The van der Waals surface area contributed by atoms with Crippen LogP contribution in [0.25, 0.3) is 11.3 Å². The second-order valence-electron chi connectivity index (χ2n) is 11.5. The summed E-state index contributed by atoms with van der Waals surface area (Å²) < 4.78 is 23.3. The number of hydrogen-bond donors (Lipinski definition) is 3. The van der Waals surface area contributed by atoms with Gasteiger partial charge in [-0.15, -0.1) is 0 Å². The molecule has 216 valence electrons. The third-order valence-corrected chi connectivity index (χ3v) is 9.18. The first kappa shape index (κ1) is 26.1. The summed E-state index contributed by atoms with van der Waals surface area (Å²) in [4.78, 5) is 46.7. The zero-order chi connectivity index (χ0) is 29.1. The lowest BCUT2D eigenvalue weighted by molar-refractivity contribution is -0.158. The molecule has 4 aromatic rings. The highest BCUT2D eigenvalue weighted by Gasteiger charge is 2.52. The van der Waals surface area contributed by atoms with E-state index in [2.05, 4.69) is 25.7 Å². The summed E-state index contributed by atoms with van der Waals surface area (Å²) in [5.74, 6) is -1.11. The van der Waals surface area contributed by atoms with Gasteiger partial charge in [0.1, 0.15) is 23.7 Å². The highest BCUT2D eigenvalue weighted by atomic mass is 19.1. The minimum atomic E-state index is -0.757. The van der Waals surface area contributed by atoms with Crippen LogP contribution in [0.3, 0.4) is 0 Å². The van der Waals surface area contributed by atoms with E-state index < -0.39 is 29.0 Å². The van der Waals surface area contributed by atoms with Crippen molar-refractivity contribution in [2.45, 2.75) is 51.7 Å². The van der Waals surface area contributed by atoms with E-state index in [1.165, 1.54) is 6.07 Å². The lowest BCUT2D eigenvalue weighted by atomic mass is 9.53. The average molecular weight is 574 g/mol. The number of ether oxygens (including phenoxy) is 1. The van der Waals surface area contributed by atoms with Crippen molar-refractivity contribution in [3.8, 4) is 11.4 Å². The number of halogens is 1. The molecule has 0 radical (unpaired) electrons. The Morgan fingerprint density at radius 2 is 1.83 bits per heavy atom. The minimum absolute atomic E-state index is 0.0180. The predicted octanol–water partition coefficient (Wildman–Crippen LogP) is 3.03. The summed E-state index contributed by atoms with van der Waals surface area (Å²) in [5, 5.41) is 19.4. The first-order valence-electron chi connectivity index (χ1n) is 13.9. The van der Waals surface area contributed by atoms with Gasteiger partial charge in [0.2, 0.25) is 0 Å². The third-order valence-electron chi connectivity index (χ3n) is 9.18. The number of imidazole rings is 1. The van der Waals surface area contributed by atoms with Crippen LogP contribution >= 0.6 is 0 Å². The number of benzene rings is 1. The first-order valence-corrected chi connectivity index (χ1v) is 13.9. The Labute approximate surface area is 238 Å². The molecule has 4 heterocycles. The summed E-state index contributed by atoms with van der Waals surface area (Å²) in [5.41, 5.74) is 0.419. The van der Waals surface area contributed by atoms with E-state index in [0.29, 0.717) is 57.4 Å². The summed E-state index contributed by atoms with van der Waals surface area (Å²) in [6, 6.07) is 6.86. The van der Waals surface area contributed by atoms with Gasteiger partial charge in [-0.1, -0.05) is 6.07 Å². The second kappa shape index (κ2) is 9.64. The predicted molar refractivity (Wildman–Crippen MR) is 145 cm³/mol. The molecule has 0 saturated heterocycles. The van der Waals surface area contributed by atoms with E-state index in [1.807, 2.05) is 29.0 Å². The molecular weight excluding hydrogens is 545 g/mol. The molecule has 3 aromatic heterocycles. The molecule has 0 spiro atoms. The number of carboxylic acids is 1. The van der Waals surface area contributed by atoms with Crippen molar-refractivity contribution < 1.29 is 28.6 Å². The maximum absolute atomic E-state index is 14.6. The molecule has 3 fully saturated rings. The molecule has 13 heteroatoms. The van der Waals surface area contributed by atoms with Crippen molar-refractivity contribution in [1.29, 1.82) is 0 Å². The van der Waals surface area contributed by atoms with Gasteiger partial charge in [0.15, 0.2) is 17.3 Å². The minimum Gasteiger partial charge on any atom is -0.483 e. The Morgan fingerprint density at radius 1 is 1.05 bits per heavy atom. The van der Waals surface area contributed by atoms with Gasteiger partial charge in [-0.25, -0.2) is 18.9 Å². The van der Waals surface area contributed by atoms with E-state index in [4.69, 9.17) is 4.74 Å². The first-order chi connectivity index (χ1) is 20.3. The number of hydrogen-bond acceptors (Lipinski definition) is 7. The van der Waals surface area contributed by atoms with Crippen molar-refractivity contribution in [3.63, 3.8) is 0 Å². The fraction of sp³-hybridized carbons (Fsp3) is 0.379. The molecule has 0 atom stereocenters. The van der Waals surface area contributed by atoms with Gasteiger partial charge in [0.25, 0.3) is 11.8 Å². The largest absolute Gasteiger partial charge is 0.483 e. The van der Waals surface area contributed by atoms with Gasteiger partial charge in [-0.05, 0) is 61.6 Å². The molecule has 2 amide bonds. The summed E-state index contributed by atoms with van der Waals surface area (Å²) >= 11 is 0. The van der Waals surface area contributed by atoms with Crippen molar-refractivity contribution in [2.24, 2.45) is 10.8 Å². The molecule has 12 nitrogen and oxygen atoms in total. The molecular formula is C29H28FN7O5. The Morgan fingerprint density at radius 3 is 2.60 bits per heavy atom. The number of carbonyl (C=O) groups excluding carboxylic acids is 2. The van der Waals surface area contributed by atoms with Gasteiger partial charge in [0.05, 0.1) is 17.3 Å². The highest BCUT2D eigenvalue weighted by Crippen LogP contribution is 2.56. The van der Waals surface area contributed by atoms with Crippen LogP contribution in [0.15, 0.2) is 42.9 Å². The number of rotatable bonds is 7. The zero-order valence-electron chi connectivity index (χ0n) is 22.6. The number of nitrogens with zero attached hydrogens (tertiary/aromatic N) is 5. The summed E-state index contributed by atoms with van der Waals surface area (Å²) in [6.07, 6.45) is 8.41. The third kappa shape index (κ3) is 4.27. The zero-order valence-corrected chi connectivity index (χ0v) is 22.6.